The quantitative estimate of drug-likeness (QED) is 0.358. The van der Waals surface area contributed by atoms with E-state index in [4.69, 9.17) is 4.98 Å². The van der Waals surface area contributed by atoms with Crippen LogP contribution in [0.3, 0.4) is 0 Å². The Balaban J connectivity index is -0.000000347. The van der Waals surface area contributed by atoms with Crippen LogP contribution < -0.4 is 0 Å². The number of rotatable bonds is 4. The zero-order valence-corrected chi connectivity index (χ0v) is 20.8. The normalized spacial score (nSPS) is 30.1. The molecule has 0 aromatic rings. The van der Waals surface area contributed by atoms with Crippen molar-refractivity contribution in [3.63, 3.8) is 0 Å². The van der Waals surface area contributed by atoms with Gasteiger partial charge in [0.25, 0.3) is 0 Å². The van der Waals surface area contributed by atoms with E-state index in [-0.39, 0.29) is 42.1 Å². The van der Waals surface area contributed by atoms with Gasteiger partial charge in [0.1, 0.15) is 0 Å². The van der Waals surface area contributed by atoms with Crippen LogP contribution in [0.2, 0.25) is 18.6 Å². The predicted molar refractivity (Wildman–Crippen MR) is 109 cm³/mol. The minimum Gasteiger partial charge on any atom is -0.659 e. The molecule has 1 rings (SSSR count). The second-order valence-electron chi connectivity index (χ2n) is 7.89. The number of hydrogen-bond donors (Lipinski definition) is 0. The zero-order chi connectivity index (χ0) is 16.3. The van der Waals surface area contributed by atoms with Crippen molar-refractivity contribution >= 4 is 8.24 Å². The Kier molecular flexibility index (Phi) is 16.9. The summed E-state index contributed by atoms with van der Waals surface area (Å²) >= 11 is 0. The van der Waals surface area contributed by atoms with E-state index < -0.39 is 8.24 Å². The third-order valence-electron chi connectivity index (χ3n) is 5.89. The SMILES string of the molecule is CCC(C)(C)[N-][Si](C)(C)C1C(C)C(C)C(C)C1C.[CH2-]C.[CH3-].[CH3-].[Ti+4]. The average molecular weight is 376 g/mol. The van der Waals surface area contributed by atoms with Crippen LogP contribution in [0.5, 0.6) is 0 Å². The smallest absolute Gasteiger partial charge is 0.659 e. The molecular weight excluding hydrogens is 330 g/mol. The first-order chi connectivity index (χ1) is 9.03. The largest absolute Gasteiger partial charge is 4.00 e. The molecular formula is C20H45NSiTi. The summed E-state index contributed by atoms with van der Waals surface area (Å²) in [4.78, 5) is 5.35. The average Bonchev–Trinajstić information content (AvgIpc) is 2.55. The summed E-state index contributed by atoms with van der Waals surface area (Å²) < 4.78 is 0. The van der Waals surface area contributed by atoms with Crippen molar-refractivity contribution in [3.8, 4) is 0 Å². The van der Waals surface area contributed by atoms with Crippen LogP contribution in [0.25, 0.3) is 4.98 Å². The van der Waals surface area contributed by atoms with Crippen LogP contribution in [0.15, 0.2) is 0 Å². The maximum atomic E-state index is 5.35. The van der Waals surface area contributed by atoms with E-state index in [1.165, 1.54) is 0 Å². The predicted octanol–water partition coefficient (Wildman–Crippen LogP) is 7.42. The maximum Gasteiger partial charge on any atom is 4.00 e. The Hall–Kier alpha value is 0.891. The standard InChI is InChI=1S/C16H34NSi.C2H5.2CH3.Ti/c1-10-16(6,7)17-18(8,9)15-13(4)11(2)12(3)14(15)5;1-2;;;/h11-15H,10H2,1-9H3;1H2,2H3;2*1H3;/q4*-1;+4. The molecule has 0 saturated heterocycles. The van der Waals surface area contributed by atoms with E-state index in [2.05, 4.69) is 68.5 Å². The Morgan fingerprint density at radius 3 is 1.43 bits per heavy atom. The van der Waals surface area contributed by atoms with Gasteiger partial charge >= 0.3 is 21.7 Å². The van der Waals surface area contributed by atoms with Crippen LogP contribution in [-0.2, 0) is 21.7 Å². The first-order valence-electron chi connectivity index (χ1n) is 8.48. The van der Waals surface area contributed by atoms with Gasteiger partial charge in [-0.3, -0.25) is 0 Å². The van der Waals surface area contributed by atoms with E-state index in [1.54, 1.807) is 6.92 Å². The van der Waals surface area contributed by atoms with Gasteiger partial charge in [0.15, 0.2) is 0 Å². The summed E-state index contributed by atoms with van der Waals surface area (Å²) in [6, 6.07) is 0. The fourth-order valence-corrected chi connectivity index (χ4v) is 9.36. The van der Waals surface area contributed by atoms with Gasteiger partial charge in [0.05, 0.1) is 0 Å². The van der Waals surface area contributed by atoms with Crippen molar-refractivity contribution in [1.82, 2.24) is 0 Å². The molecule has 0 aromatic carbocycles. The summed E-state index contributed by atoms with van der Waals surface area (Å²) in [5, 5.41) is 0. The third kappa shape index (κ3) is 7.76. The van der Waals surface area contributed by atoms with Gasteiger partial charge in [0, 0.05) is 0 Å². The molecule has 0 aromatic heterocycles. The molecule has 0 radical (unpaired) electrons. The fourth-order valence-electron chi connectivity index (χ4n) is 4.31. The molecule has 1 fully saturated rings. The van der Waals surface area contributed by atoms with Crippen molar-refractivity contribution in [1.29, 1.82) is 0 Å². The second-order valence-corrected chi connectivity index (χ2v) is 12.1. The van der Waals surface area contributed by atoms with Gasteiger partial charge in [-0.25, -0.2) is 0 Å². The van der Waals surface area contributed by atoms with E-state index in [0.29, 0.717) is 0 Å². The van der Waals surface area contributed by atoms with Crippen molar-refractivity contribution in [2.45, 2.75) is 86.0 Å². The van der Waals surface area contributed by atoms with Gasteiger partial charge in [0.2, 0.25) is 0 Å². The molecule has 138 valence electrons. The van der Waals surface area contributed by atoms with E-state index in [1.807, 2.05) is 0 Å². The first-order valence-corrected chi connectivity index (χ1v) is 11.5. The van der Waals surface area contributed by atoms with Crippen molar-refractivity contribution < 1.29 is 21.7 Å². The molecule has 0 aliphatic heterocycles. The van der Waals surface area contributed by atoms with Crippen LogP contribution >= 0.6 is 0 Å². The Morgan fingerprint density at radius 1 is 0.870 bits per heavy atom. The van der Waals surface area contributed by atoms with Gasteiger partial charge in [-0.05, 0) is 23.7 Å². The van der Waals surface area contributed by atoms with Gasteiger partial charge < -0.3 is 26.8 Å². The van der Waals surface area contributed by atoms with Gasteiger partial charge in [-0.1, -0.05) is 81.8 Å². The minimum atomic E-state index is -1.51. The van der Waals surface area contributed by atoms with Gasteiger partial charge in [-0.15, -0.1) is 5.54 Å². The molecule has 4 atom stereocenters. The molecule has 0 heterocycles. The first kappa shape index (κ1) is 31.6. The van der Waals surface area contributed by atoms with Crippen molar-refractivity contribution in [2.75, 3.05) is 0 Å². The van der Waals surface area contributed by atoms with Crippen molar-refractivity contribution in [3.05, 3.63) is 26.8 Å². The molecule has 3 heteroatoms. The summed E-state index contributed by atoms with van der Waals surface area (Å²) in [6.07, 6.45) is 1.16. The maximum absolute atomic E-state index is 5.35. The molecule has 1 saturated carbocycles. The second kappa shape index (κ2) is 12.3. The van der Waals surface area contributed by atoms with E-state index in [0.717, 1.165) is 35.6 Å². The third-order valence-corrected chi connectivity index (χ3v) is 9.76. The summed E-state index contributed by atoms with van der Waals surface area (Å²) in [7, 11) is -1.51. The minimum absolute atomic E-state index is 0. The topological polar surface area (TPSA) is 14.1 Å². The van der Waals surface area contributed by atoms with Crippen LogP contribution in [0.4, 0.5) is 0 Å². The number of hydrogen-bond acceptors (Lipinski definition) is 0. The molecule has 1 aliphatic carbocycles. The molecule has 1 aliphatic rings. The molecule has 4 unspecified atom stereocenters. The zero-order valence-electron chi connectivity index (χ0n) is 18.2. The molecule has 1 nitrogen and oxygen atoms in total. The summed E-state index contributed by atoms with van der Waals surface area (Å²) in [6.45, 7) is 26.7. The molecule has 0 spiro atoms. The Bertz CT molecular complexity index is 277. The molecule has 0 amide bonds. The molecule has 0 N–H and O–H groups in total. The molecule has 0 bridgehead atoms. The van der Waals surface area contributed by atoms with Crippen LogP contribution in [0.1, 0.15) is 61.8 Å². The summed E-state index contributed by atoms with van der Waals surface area (Å²) in [5.74, 6) is 3.40. The monoisotopic (exact) mass is 375 g/mol. The fraction of sp³-hybridized carbons (Fsp3) is 0.850. The summed E-state index contributed by atoms with van der Waals surface area (Å²) in [5.41, 5.74) is 1.03. The van der Waals surface area contributed by atoms with Gasteiger partial charge in [-0.2, -0.15) is 6.92 Å². The van der Waals surface area contributed by atoms with Crippen LogP contribution in [0, 0.1) is 45.4 Å². The Labute approximate surface area is 166 Å². The Morgan fingerprint density at radius 2 is 1.17 bits per heavy atom. The van der Waals surface area contributed by atoms with Crippen molar-refractivity contribution in [2.24, 2.45) is 23.7 Å². The van der Waals surface area contributed by atoms with Crippen LogP contribution in [-0.4, -0.2) is 13.8 Å². The number of nitrogens with zero attached hydrogens (tertiary/aromatic N) is 1. The molecule has 23 heavy (non-hydrogen) atoms. The van der Waals surface area contributed by atoms with E-state index >= 15 is 0 Å². The van der Waals surface area contributed by atoms with E-state index in [9.17, 15) is 0 Å².